The fourth-order valence-corrected chi connectivity index (χ4v) is 7.65. The molecule has 220 valence electrons. The fourth-order valence-electron chi connectivity index (χ4n) is 7.26. The van der Waals surface area contributed by atoms with Crippen molar-refractivity contribution < 1.29 is 19.4 Å². The Morgan fingerprint density at radius 1 is 1.07 bits per heavy atom. The molecule has 5 atom stereocenters. The summed E-state index contributed by atoms with van der Waals surface area (Å²) in [5.74, 6) is -0.144. The predicted molar refractivity (Wildman–Crippen MR) is 164 cm³/mol. The molecule has 1 saturated carbocycles. The number of carbonyl (C=O) groups is 2. The lowest BCUT2D eigenvalue weighted by Gasteiger charge is -2.46. The van der Waals surface area contributed by atoms with Crippen LogP contribution in [0.1, 0.15) is 77.2 Å². The van der Waals surface area contributed by atoms with E-state index in [9.17, 15) is 14.7 Å². The highest BCUT2D eigenvalue weighted by molar-refractivity contribution is 6.31. The molecule has 3 aliphatic rings. The molecule has 6 nitrogen and oxygen atoms in total. The van der Waals surface area contributed by atoms with E-state index in [-0.39, 0.29) is 17.7 Å². The third kappa shape index (κ3) is 5.18. The number of rotatable bonds is 8. The van der Waals surface area contributed by atoms with Crippen LogP contribution in [0.4, 0.5) is 0 Å². The summed E-state index contributed by atoms with van der Waals surface area (Å²) in [6.45, 7) is 2.78. The van der Waals surface area contributed by atoms with Gasteiger partial charge < -0.3 is 15.6 Å². The van der Waals surface area contributed by atoms with Crippen molar-refractivity contribution in [2.45, 2.75) is 68.7 Å². The lowest BCUT2D eigenvalue weighted by molar-refractivity contribution is -0.133. The second-order valence-electron chi connectivity index (χ2n) is 11.9. The lowest BCUT2D eigenvalue weighted by Crippen LogP contribution is -2.55. The molecule has 0 unspecified atom stereocenters. The summed E-state index contributed by atoms with van der Waals surface area (Å²) in [7, 11) is 0. The summed E-state index contributed by atoms with van der Waals surface area (Å²) in [6, 6.07) is 19.6. The Kier molecular flexibility index (Phi) is 8.20. The number of Topliss-reactive ketones (excluding diaryl/α,β-unsaturated/α-hetero) is 1. The van der Waals surface area contributed by atoms with Crippen molar-refractivity contribution in [3.63, 3.8) is 0 Å². The molecule has 2 aliphatic carbocycles. The number of ketones is 1. The van der Waals surface area contributed by atoms with Gasteiger partial charge in [-0.25, -0.2) is 4.79 Å². The number of aliphatic hydroxyl groups is 1. The number of aliphatic hydroxyl groups excluding tert-OH is 1. The number of nitrogens with two attached hydrogens (primary N) is 1. The zero-order chi connectivity index (χ0) is 29.6. The van der Waals surface area contributed by atoms with Crippen LogP contribution in [0, 0.1) is 5.92 Å². The molecule has 3 N–H and O–H groups in total. The Morgan fingerprint density at radius 3 is 2.50 bits per heavy atom. The molecule has 2 fully saturated rings. The summed E-state index contributed by atoms with van der Waals surface area (Å²) in [6.07, 6.45) is 2.72. The van der Waals surface area contributed by atoms with Crippen LogP contribution >= 0.6 is 23.2 Å². The highest BCUT2D eigenvalue weighted by Gasteiger charge is 2.64. The number of ether oxygens (including phenoxy) is 1. The monoisotopic (exact) mass is 606 g/mol. The van der Waals surface area contributed by atoms with Crippen LogP contribution in [0.3, 0.4) is 0 Å². The smallest absolute Gasteiger partial charge is 0.338 e. The number of esters is 1. The molecule has 1 saturated heterocycles. The number of fused-ring (bicyclic) bond motifs is 2. The van der Waals surface area contributed by atoms with Crippen LogP contribution in [0.25, 0.3) is 0 Å². The van der Waals surface area contributed by atoms with Gasteiger partial charge >= 0.3 is 5.97 Å². The first-order valence-electron chi connectivity index (χ1n) is 14.8. The van der Waals surface area contributed by atoms with Crippen LogP contribution in [-0.2, 0) is 21.5 Å². The Bertz CT molecular complexity index is 1490. The molecule has 1 spiro atoms. The first-order valence-corrected chi connectivity index (χ1v) is 15.5. The summed E-state index contributed by atoms with van der Waals surface area (Å²) in [5.41, 5.74) is 10.3. The van der Waals surface area contributed by atoms with Crippen molar-refractivity contribution in [3.05, 3.63) is 105 Å². The molecule has 6 rings (SSSR count). The van der Waals surface area contributed by atoms with E-state index < -0.39 is 23.7 Å². The summed E-state index contributed by atoms with van der Waals surface area (Å²) in [4.78, 5) is 29.0. The first-order chi connectivity index (χ1) is 20.2. The second kappa shape index (κ2) is 11.7. The van der Waals surface area contributed by atoms with E-state index in [1.807, 2.05) is 42.5 Å². The number of hydrogen-bond acceptors (Lipinski definition) is 6. The summed E-state index contributed by atoms with van der Waals surface area (Å²) in [5, 5.41) is 12.8. The zero-order valence-corrected chi connectivity index (χ0v) is 25.2. The third-order valence-corrected chi connectivity index (χ3v) is 9.76. The average Bonchev–Trinajstić information content (AvgIpc) is 3.77. The van der Waals surface area contributed by atoms with Crippen molar-refractivity contribution in [2.24, 2.45) is 11.7 Å². The molecule has 0 amide bonds. The predicted octanol–water partition coefficient (Wildman–Crippen LogP) is 6.21. The average molecular weight is 608 g/mol. The molecule has 0 aromatic heterocycles. The van der Waals surface area contributed by atoms with Gasteiger partial charge in [0.25, 0.3) is 0 Å². The molecule has 3 aromatic carbocycles. The molecular weight excluding hydrogens is 571 g/mol. The second-order valence-corrected chi connectivity index (χ2v) is 12.7. The van der Waals surface area contributed by atoms with Crippen LogP contribution in [0.15, 0.2) is 66.7 Å². The van der Waals surface area contributed by atoms with E-state index >= 15 is 0 Å². The molecule has 1 heterocycles. The SMILES string of the molecule is CCOC(=O)c1ccc([C@@H](O)C[C@H]2[C@@H](N)[C@H](c3cccc(Cl)c3)[C@]3(C(=O)CCc4cc(Cl)ccc43)N2CC2CC2)cc1. The van der Waals surface area contributed by atoms with Gasteiger partial charge in [-0.05, 0) is 97.2 Å². The van der Waals surface area contributed by atoms with Crippen LogP contribution in [-0.4, -0.2) is 47.0 Å². The van der Waals surface area contributed by atoms with Crippen molar-refractivity contribution >= 4 is 35.0 Å². The number of nitrogens with zero attached hydrogens (tertiary/aromatic N) is 1. The van der Waals surface area contributed by atoms with Crippen molar-refractivity contribution in [1.29, 1.82) is 0 Å². The van der Waals surface area contributed by atoms with Gasteiger partial charge in [0.2, 0.25) is 0 Å². The van der Waals surface area contributed by atoms with Crippen molar-refractivity contribution in [3.8, 4) is 0 Å². The van der Waals surface area contributed by atoms with E-state index in [0.717, 1.165) is 36.1 Å². The van der Waals surface area contributed by atoms with Gasteiger partial charge in [-0.15, -0.1) is 0 Å². The van der Waals surface area contributed by atoms with Gasteiger partial charge in [0, 0.05) is 41.0 Å². The molecule has 3 aromatic rings. The van der Waals surface area contributed by atoms with Crippen molar-refractivity contribution in [1.82, 2.24) is 4.90 Å². The van der Waals surface area contributed by atoms with Gasteiger partial charge in [0.1, 0.15) is 5.54 Å². The highest BCUT2D eigenvalue weighted by atomic mass is 35.5. The minimum atomic E-state index is -0.997. The molecule has 0 bridgehead atoms. The van der Waals surface area contributed by atoms with Crippen LogP contribution in [0.5, 0.6) is 0 Å². The lowest BCUT2D eigenvalue weighted by atomic mass is 9.65. The maximum absolute atomic E-state index is 14.5. The number of benzene rings is 3. The molecular formula is C34H36Cl2N2O4. The van der Waals surface area contributed by atoms with E-state index in [0.29, 0.717) is 53.0 Å². The fraction of sp³-hybridized carbons (Fsp3) is 0.412. The molecule has 8 heteroatoms. The van der Waals surface area contributed by atoms with Gasteiger partial charge in [0.05, 0.1) is 18.3 Å². The number of aryl methyl sites for hydroxylation is 1. The van der Waals surface area contributed by atoms with Crippen molar-refractivity contribution in [2.75, 3.05) is 13.2 Å². The van der Waals surface area contributed by atoms with Gasteiger partial charge in [-0.3, -0.25) is 9.69 Å². The van der Waals surface area contributed by atoms with Crippen LogP contribution in [0.2, 0.25) is 10.0 Å². The number of carbonyl (C=O) groups excluding carboxylic acids is 2. The summed E-state index contributed by atoms with van der Waals surface area (Å²) < 4.78 is 5.10. The maximum Gasteiger partial charge on any atom is 0.338 e. The van der Waals surface area contributed by atoms with E-state index in [1.165, 1.54) is 0 Å². The minimum absolute atomic E-state index is 0.147. The van der Waals surface area contributed by atoms with Gasteiger partial charge in [0.15, 0.2) is 5.78 Å². The minimum Gasteiger partial charge on any atom is -0.462 e. The highest BCUT2D eigenvalue weighted by Crippen LogP contribution is 2.57. The summed E-state index contributed by atoms with van der Waals surface area (Å²) >= 11 is 13.0. The van der Waals surface area contributed by atoms with E-state index in [2.05, 4.69) is 4.90 Å². The number of likely N-dealkylation sites (tertiary alicyclic amines) is 1. The Balaban J connectivity index is 1.45. The normalized spacial score (nSPS) is 26.3. The Labute approximate surface area is 256 Å². The van der Waals surface area contributed by atoms with Gasteiger partial charge in [-0.1, -0.05) is 53.5 Å². The Morgan fingerprint density at radius 2 is 1.81 bits per heavy atom. The standard InChI is InChI=1S/C34H36Cl2N2O4/c1-2-42-33(41)22-10-8-21(9-11-22)29(39)18-28-32(37)31(24-4-3-5-25(35)17-24)34(38(28)19-20-6-7-20)27-14-13-26(36)16-23(27)12-15-30(34)40/h3-5,8-11,13-14,16-17,20,28-29,31-32,39H,2,6-7,12,15,18-19,37H2,1H3/t28-,29-,31-,32+,34-/m0/s1. The molecule has 1 aliphatic heterocycles. The number of hydrogen-bond donors (Lipinski definition) is 2. The first kappa shape index (κ1) is 29.3. The van der Waals surface area contributed by atoms with E-state index in [4.69, 9.17) is 33.7 Å². The topological polar surface area (TPSA) is 92.9 Å². The molecule has 42 heavy (non-hydrogen) atoms. The third-order valence-electron chi connectivity index (χ3n) is 9.29. The van der Waals surface area contributed by atoms with Gasteiger partial charge in [-0.2, -0.15) is 0 Å². The van der Waals surface area contributed by atoms with E-state index in [1.54, 1.807) is 31.2 Å². The molecule has 0 radical (unpaired) electrons. The Hall–Kier alpha value is -2.74. The van der Waals surface area contributed by atoms with Crippen LogP contribution < -0.4 is 5.73 Å². The maximum atomic E-state index is 14.5. The largest absolute Gasteiger partial charge is 0.462 e. The number of halogens is 2. The quantitative estimate of drug-likeness (QED) is 0.296. The zero-order valence-electron chi connectivity index (χ0n) is 23.6.